The van der Waals surface area contributed by atoms with Crippen molar-refractivity contribution in [2.24, 2.45) is 0 Å². The molecule has 0 saturated heterocycles. The van der Waals surface area contributed by atoms with Crippen molar-refractivity contribution >= 4 is 5.78 Å². The summed E-state index contributed by atoms with van der Waals surface area (Å²) in [5, 5.41) is 0. The Morgan fingerprint density at radius 2 is 1.52 bits per heavy atom. The first-order valence-corrected chi connectivity index (χ1v) is 6.51. The van der Waals surface area contributed by atoms with Crippen LogP contribution in [0.4, 0.5) is 17.6 Å². The summed E-state index contributed by atoms with van der Waals surface area (Å²) in [6.45, 7) is 4.10. The number of alkyl halides is 3. The predicted octanol–water partition coefficient (Wildman–Crippen LogP) is 4.15. The zero-order valence-electron chi connectivity index (χ0n) is 11.7. The van der Waals surface area contributed by atoms with Crippen LogP contribution in [0.15, 0.2) is 12.1 Å². The zero-order valence-corrected chi connectivity index (χ0v) is 11.7. The number of ketones is 1. The number of hydrogen-bond acceptors (Lipinski definition) is 3. The topological polar surface area (TPSA) is 35.5 Å². The third-order valence-corrected chi connectivity index (χ3v) is 2.46. The Bertz CT molecular complexity index is 498. The van der Waals surface area contributed by atoms with Gasteiger partial charge in [0.05, 0.1) is 18.8 Å². The summed E-state index contributed by atoms with van der Waals surface area (Å²) in [4.78, 5) is 11.2. The van der Waals surface area contributed by atoms with Gasteiger partial charge >= 0.3 is 6.18 Å². The van der Waals surface area contributed by atoms with E-state index < -0.39 is 23.3 Å². The lowest BCUT2D eigenvalue weighted by molar-refractivity contribution is -0.0887. The van der Waals surface area contributed by atoms with Crippen molar-refractivity contribution in [1.29, 1.82) is 0 Å². The number of Topliss-reactive ketones (excluding diaryl/α,β-unsaturated/α-hetero) is 1. The monoisotopic (exact) mass is 308 g/mol. The molecule has 7 heteroatoms. The minimum Gasteiger partial charge on any atom is -0.490 e. The summed E-state index contributed by atoms with van der Waals surface area (Å²) in [6.07, 6.45) is -3.90. The van der Waals surface area contributed by atoms with Gasteiger partial charge in [0.1, 0.15) is 5.82 Å². The maximum absolute atomic E-state index is 13.7. The molecule has 0 radical (unpaired) electrons. The molecule has 1 aromatic rings. The Balaban J connectivity index is 3.19. The summed E-state index contributed by atoms with van der Waals surface area (Å²) >= 11 is 0. The molecule has 0 saturated carbocycles. The molecule has 1 rings (SSSR count). The van der Waals surface area contributed by atoms with Crippen molar-refractivity contribution < 1.29 is 31.8 Å². The zero-order chi connectivity index (χ0) is 16.0. The Kier molecular flexibility index (Phi) is 5.99. The van der Waals surface area contributed by atoms with E-state index in [1.165, 1.54) is 0 Å². The lowest BCUT2D eigenvalue weighted by Gasteiger charge is -2.14. The van der Waals surface area contributed by atoms with E-state index in [2.05, 4.69) is 0 Å². The molecule has 0 unspecified atom stereocenters. The van der Waals surface area contributed by atoms with Gasteiger partial charge in [-0.1, -0.05) is 13.8 Å². The second-order valence-electron chi connectivity index (χ2n) is 4.30. The van der Waals surface area contributed by atoms with Gasteiger partial charge in [0.2, 0.25) is 0 Å². The molecule has 0 bridgehead atoms. The van der Waals surface area contributed by atoms with E-state index in [9.17, 15) is 22.4 Å². The molecular weight excluding hydrogens is 292 g/mol. The summed E-state index contributed by atoms with van der Waals surface area (Å²) < 4.78 is 61.4. The Morgan fingerprint density at radius 3 is 1.95 bits per heavy atom. The van der Waals surface area contributed by atoms with Crippen molar-refractivity contribution in [3.05, 3.63) is 23.5 Å². The first-order valence-electron chi connectivity index (χ1n) is 6.51. The molecule has 0 aliphatic carbocycles. The first kappa shape index (κ1) is 17.3. The molecule has 0 aliphatic rings. The molecule has 21 heavy (non-hydrogen) atoms. The highest BCUT2D eigenvalue weighted by Crippen LogP contribution is 2.33. The van der Waals surface area contributed by atoms with Gasteiger partial charge in [0.15, 0.2) is 11.5 Å². The van der Waals surface area contributed by atoms with Crippen molar-refractivity contribution in [2.45, 2.75) is 32.9 Å². The molecular formula is C14H16F4O3. The summed E-state index contributed by atoms with van der Waals surface area (Å²) in [7, 11) is 0. The smallest absolute Gasteiger partial charge is 0.454 e. The van der Waals surface area contributed by atoms with Crippen LogP contribution in [0, 0.1) is 5.82 Å². The van der Waals surface area contributed by atoms with E-state index in [-0.39, 0.29) is 24.7 Å². The van der Waals surface area contributed by atoms with E-state index in [1.807, 2.05) is 6.92 Å². The van der Waals surface area contributed by atoms with Gasteiger partial charge < -0.3 is 9.47 Å². The number of halogens is 4. The highest BCUT2D eigenvalue weighted by molar-refractivity contribution is 6.01. The molecule has 1 aromatic carbocycles. The third-order valence-electron chi connectivity index (χ3n) is 2.46. The van der Waals surface area contributed by atoms with E-state index in [1.54, 1.807) is 6.92 Å². The van der Waals surface area contributed by atoms with E-state index in [0.29, 0.717) is 12.8 Å². The summed E-state index contributed by atoms with van der Waals surface area (Å²) in [5.41, 5.74) is -1.07. The van der Waals surface area contributed by atoms with Crippen LogP contribution in [0.2, 0.25) is 0 Å². The lowest BCUT2D eigenvalue weighted by atomic mass is 10.1. The molecule has 0 spiro atoms. The Morgan fingerprint density at radius 1 is 1.05 bits per heavy atom. The van der Waals surface area contributed by atoms with Crippen molar-refractivity contribution in [2.75, 3.05) is 13.2 Å². The van der Waals surface area contributed by atoms with Gasteiger partial charge in [-0.05, 0) is 18.9 Å². The van der Waals surface area contributed by atoms with Gasteiger partial charge in [-0.3, -0.25) is 4.79 Å². The van der Waals surface area contributed by atoms with E-state index >= 15 is 0 Å². The van der Waals surface area contributed by atoms with Gasteiger partial charge in [-0.15, -0.1) is 0 Å². The fourth-order valence-electron chi connectivity index (χ4n) is 1.51. The largest absolute Gasteiger partial charge is 0.490 e. The van der Waals surface area contributed by atoms with E-state index in [4.69, 9.17) is 9.47 Å². The van der Waals surface area contributed by atoms with Crippen LogP contribution in [0.25, 0.3) is 0 Å². The van der Waals surface area contributed by atoms with Crippen LogP contribution in [0.3, 0.4) is 0 Å². The van der Waals surface area contributed by atoms with Gasteiger partial charge in [-0.25, -0.2) is 4.39 Å². The number of carbonyl (C=O) groups excluding carboxylic acids is 1. The summed E-state index contributed by atoms with van der Waals surface area (Å²) in [5.74, 6) is -3.61. The van der Waals surface area contributed by atoms with Gasteiger partial charge in [-0.2, -0.15) is 13.2 Å². The highest BCUT2D eigenvalue weighted by Gasteiger charge is 2.41. The molecule has 0 aliphatic heterocycles. The normalized spacial score (nSPS) is 11.3. The SMILES string of the molecule is CCCOc1cc(F)c(C(=O)C(F)(F)F)cc1OCCC. The standard InChI is InChI=1S/C14H16F4O3/c1-3-5-20-11-7-9(13(19)14(16,17)18)10(15)8-12(11)21-6-4-2/h7-8H,3-6H2,1-2H3. The third kappa shape index (κ3) is 4.61. The van der Waals surface area contributed by atoms with Crippen LogP contribution in [-0.2, 0) is 0 Å². The maximum Gasteiger partial charge on any atom is 0.454 e. The summed E-state index contributed by atoms with van der Waals surface area (Å²) in [6, 6.07) is 1.49. The molecule has 0 N–H and O–H groups in total. The fourth-order valence-corrected chi connectivity index (χ4v) is 1.51. The Hall–Kier alpha value is -1.79. The minimum atomic E-state index is -5.14. The van der Waals surface area contributed by atoms with Crippen LogP contribution >= 0.6 is 0 Å². The van der Waals surface area contributed by atoms with Crippen molar-refractivity contribution in [3.8, 4) is 11.5 Å². The first-order chi connectivity index (χ1) is 9.81. The second-order valence-corrected chi connectivity index (χ2v) is 4.30. The van der Waals surface area contributed by atoms with Gasteiger partial charge in [0.25, 0.3) is 5.78 Å². The minimum absolute atomic E-state index is 0.0125. The number of benzene rings is 1. The fraction of sp³-hybridized carbons (Fsp3) is 0.500. The number of rotatable bonds is 7. The average Bonchev–Trinajstić information content (AvgIpc) is 2.42. The molecule has 0 heterocycles. The number of ether oxygens (including phenoxy) is 2. The molecule has 0 amide bonds. The van der Waals surface area contributed by atoms with Crippen LogP contribution in [0.1, 0.15) is 37.0 Å². The molecule has 0 atom stereocenters. The van der Waals surface area contributed by atoms with Crippen LogP contribution in [-0.4, -0.2) is 25.2 Å². The predicted molar refractivity (Wildman–Crippen MR) is 68.4 cm³/mol. The highest BCUT2D eigenvalue weighted by atomic mass is 19.4. The average molecular weight is 308 g/mol. The Labute approximate surface area is 119 Å². The second kappa shape index (κ2) is 7.28. The molecule has 0 fully saturated rings. The number of carbonyl (C=O) groups is 1. The van der Waals surface area contributed by atoms with Crippen molar-refractivity contribution in [1.82, 2.24) is 0 Å². The van der Waals surface area contributed by atoms with Crippen molar-refractivity contribution in [3.63, 3.8) is 0 Å². The quantitative estimate of drug-likeness (QED) is 0.561. The molecule has 3 nitrogen and oxygen atoms in total. The van der Waals surface area contributed by atoms with Crippen LogP contribution < -0.4 is 9.47 Å². The van der Waals surface area contributed by atoms with Gasteiger partial charge in [0, 0.05) is 6.07 Å². The van der Waals surface area contributed by atoms with E-state index in [0.717, 1.165) is 12.1 Å². The maximum atomic E-state index is 13.7. The van der Waals surface area contributed by atoms with Crippen LogP contribution in [0.5, 0.6) is 11.5 Å². The molecule has 118 valence electrons. The molecule has 0 aromatic heterocycles. The lowest BCUT2D eigenvalue weighted by Crippen LogP contribution is -2.24. The number of hydrogen-bond donors (Lipinski definition) is 0.